The SMILES string of the molecule is CCCCCCCCCCC(NCC)C(F)(F)F. The van der Waals surface area contributed by atoms with Crippen molar-refractivity contribution in [3.8, 4) is 0 Å². The molecule has 1 nitrogen and oxygen atoms in total. The van der Waals surface area contributed by atoms with Crippen molar-refractivity contribution in [3.05, 3.63) is 0 Å². The molecule has 0 fully saturated rings. The van der Waals surface area contributed by atoms with Gasteiger partial charge in [-0.05, 0) is 13.0 Å². The fraction of sp³-hybridized carbons (Fsp3) is 1.00. The molecule has 4 heteroatoms. The van der Waals surface area contributed by atoms with Gasteiger partial charge in [0.25, 0.3) is 0 Å². The lowest BCUT2D eigenvalue weighted by molar-refractivity contribution is -0.157. The Morgan fingerprint density at radius 2 is 1.33 bits per heavy atom. The Morgan fingerprint density at radius 1 is 0.833 bits per heavy atom. The molecule has 0 aliphatic heterocycles. The number of halogens is 3. The highest BCUT2D eigenvalue weighted by molar-refractivity contribution is 4.74. The third-order valence-electron chi connectivity index (χ3n) is 3.19. The van der Waals surface area contributed by atoms with E-state index in [1.165, 1.54) is 25.7 Å². The molecule has 0 heterocycles. The van der Waals surface area contributed by atoms with E-state index in [9.17, 15) is 13.2 Å². The van der Waals surface area contributed by atoms with E-state index in [0.29, 0.717) is 13.0 Å². The Balaban J connectivity index is 3.50. The molecule has 0 bridgehead atoms. The lowest BCUT2D eigenvalue weighted by Gasteiger charge is -2.20. The molecular formula is C14H28F3N. The maximum Gasteiger partial charge on any atom is 0.403 e. The molecule has 0 rings (SSSR count). The van der Waals surface area contributed by atoms with Gasteiger partial charge in [0.15, 0.2) is 0 Å². The molecule has 0 saturated carbocycles. The van der Waals surface area contributed by atoms with Crippen molar-refractivity contribution in [3.63, 3.8) is 0 Å². The van der Waals surface area contributed by atoms with Crippen LogP contribution in [0.1, 0.15) is 71.6 Å². The summed E-state index contributed by atoms with van der Waals surface area (Å²) in [6.45, 7) is 4.27. The minimum atomic E-state index is -4.10. The largest absolute Gasteiger partial charge is 0.403 e. The molecule has 0 aliphatic rings. The summed E-state index contributed by atoms with van der Waals surface area (Å²) in [7, 11) is 0. The second-order valence-corrected chi connectivity index (χ2v) is 4.92. The number of rotatable bonds is 11. The summed E-state index contributed by atoms with van der Waals surface area (Å²) < 4.78 is 37.7. The molecular weight excluding hydrogens is 239 g/mol. The van der Waals surface area contributed by atoms with Crippen LogP contribution in [0.15, 0.2) is 0 Å². The molecule has 0 amide bonds. The molecule has 1 N–H and O–H groups in total. The zero-order valence-corrected chi connectivity index (χ0v) is 11.8. The van der Waals surface area contributed by atoms with Gasteiger partial charge in [0.05, 0.1) is 0 Å². The van der Waals surface area contributed by atoms with Gasteiger partial charge in [-0.1, -0.05) is 65.2 Å². The molecule has 18 heavy (non-hydrogen) atoms. The van der Waals surface area contributed by atoms with Crippen LogP contribution < -0.4 is 5.32 Å². The molecule has 0 saturated heterocycles. The monoisotopic (exact) mass is 267 g/mol. The van der Waals surface area contributed by atoms with Crippen molar-refractivity contribution in [2.24, 2.45) is 0 Å². The number of alkyl halides is 3. The van der Waals surface area contributed by atoms with E-state index < -0.39 is 12.2 Å². The van der Waals surface area contributed by atoms with E-state index in [1.807, 2.05) is 0 Å². The summed E-state index contributed by atoms with van der Waals surface area (Å²) in [4.78, 5) is 0. The van der Waals surface area contributed by atoms with Gasteiger partial charge in [0.2, 0.25) is 0 Å². The van der Waals surface area contributed by atoms with Crippen molar-refractivity contribution in [1.29, 1.82) is 0 Å². The molecule has 1 unspecified atom stereocenters. The molecule has 0 spiro atoms. The topological polar surface area (TPSA) is 12.0 Å². The third-order valence-corrected chi connectivity index (χ3v) is 3.19. The van der Waals surface area contributed by atoms with Gasteiger partial charge in [0.1, 0.15) is 6.04 Å². The molecule has 1 atom stereocenters. The van der Waals surface area contributed by atoms with Gasteiger partial charge in [-0.3, -0.25) is 0 Å². The van der Waals surface area contributed by atoms with Crippen LogP contribution in [0.2, 0.25) is 0 Å². The maximum absolute atomic E-state index is 12.6. The number of nitrogens with one attached hydrogen (secondary N) is 1. The van der Waals surface area contributed by atoms with Crippen molar-refractivity contribution in [2.45, 2.75) is 83.9 Å². The average molecular weight is 267 g/mol. The van der Waals surface area contributed by atoms with Crippen LogP contribution in [0.5, 0.6) is 0 Å². The predicted octanol–water partition coefficient (Wildman–Crippen LogP) is 5.06. The number of hydrogen-bond donors (Lipinski definition) is 1. The Labute approximate surface area is 110 Å². The second kappa shape index (κ2) is 10.7. The second-order valence-electron chi connectivity index (χ2n) is 4.92. The van der Waals surface area contributed by atoms with Gasteiger partial charge in [-0.25, -0.2) is 0 Å². The fourth-order valence-corrected chi connectivity index (χ4v) is 2.11. The number of unbranched alkanes of at least 4 members (excludes halogenated alkanes) is 7. The van der Waals surface area contributed by atoms with Gasteiger partial charge in [0, 0.05) is 0 Å². The summed E-state index contributed by atoms with van der Waals surface area (Å²) in [5, 5.41) is 2.52. The van der Waals surface area contributed by atoms with Gasteiger partial charge in [-0.2, -0.15) is 13.2 Å². The Morgan fingerprint density at radius 3 is 1.78 bits per heavy atom. The fourth-order valence-electron chi connectivity index (χ4n) is 2.11. The normalized spacial score (nSPS) is 13.8. The quantitative estimate of drug-likeness (QED) is 0.516. The van der Waals surface area contributed by atoms with E-state index in [-0.39, 0.29) is 6.42 Å². The smallest absolute Gasteiger partial charge is 0.306 e. The van der Waals surface area contributed by atoms with E-state index in [2.05, 4.69) is 12.2 Å². The summed E-state index contributed by atoms with van der Waals surface area (Å²) in [5.41, 5.74) is 0. The van der Waals surface area contributed by atoms with Gasteiger partial charge in [-0.15, -0.1) is 0 Å². The summed E-state index contributed by atoms with van der Waals surface area (Å²) in [6, 6.07) is -1.32. The summed E-state index contributed by atoms with van der Waals surface area (Å²) in [6.07, 6.45) is 4.94. The third kappa shape index (κ3) is 9.75. The molecule has 110 valence electrons. The predicted molar refractivity (Wildman–Crippen MR) is 70.7 cm³/mol. The van der Waals surface area contributed by atoms with Crippen molar-refractivity contribution < 1.29 is 13.2 Å². The molecule has 0 aromatic rings. The first-order chi connectivity index (χ1) is 8.52. The Kier molecular flexibility index (Phi) is 10.5. The minimum Gasteiger partial charge on any atom is -0.306 e. The molecule has 0 radical (unpaired) electrons. The van der Waals surface area contributed by atoms with E-state index in [1.54, 1.807) is 6.92 Å². The highest BCUT2D eigenvalue weighted by Gasteiger charge is 2.38. The van der Waals surface area contributed by atoms with Crippen LogP contribution in [0, 0.1) is 0 Å². The maximum atomic E-state index is 12.6. The van der Waals surface area contributed by atoms with E-state index in [0.717, 1.165) is 19.3 Å². The van der Waals surface area contributed by atoms with E-state index in [4.69, 9.17) is 0 Å². The van der Waals surface area contributed by atoms with Crippen LogP contribution in [0.4, 0.5) is 13.2 Å². The first kappa shape index (κ1) is 17.8. The van der Waals surface area contributed by atoms with Gasteiger partial charge < -0.3 is 5.32 Å². The first-order valence-electron chi connectivity index (χ1n) is 7.32. The molecule has 0 aromatic carbocycles. The van der Waals surface area contributed by atoms with Crippen molar-refractivity contribution in [2.75, 3.05) is 6.54 Å². The summed E-state index contributed by atoms with van der Waals surface area (Å²) >= 11 is 0. The van der Waals surface area contributed by atoms with Crippen LogP contribution in [0.3, 0.4) is 0 Å². The lowest BCUT2D eigenvalue weighted by Crippen LogP contribution is -2.42. The Hall–Kier alpha value is -0.250. The first-order valence-corrected chi connectivity index (χ1v) is 7.32. The highest BCUT2D eigenvalue weighted by atomic mass is 19.4. The average Bonchev–Trinajstić information content (AvgIpc) is 2.30. The highest BCUT2D eigenvalue weighted by Crippen LogP contribution is 2.24. The van der Waals surface area contributed by atoms with Crippen LogP contribution in [0.25, 0.3) is 0 Å². The lowest BCUT2D eigenvalue weighted by atomic mass is 10.0. The standard InChI is InChI=1S/C14H28F3N/c1-3-5-6-7-8-9-10-11-12-13(18-4-2)14(15,16)17/h13,18H,3-12H2,1-2H3. The van der Waals surface area contributed by atoms with Gasteiger partial charge >= 0.3 is 6.18 Å². The van der Waals surface area contributed by atoms with Crippen molar-refractivity contribution in [1.82, 2.24) is 5.32 Å². The summed E-state index contributed by atoms with van der Waals surface area (Å²) in [5.74, 6) is 0. The molecule has 0 aromatic heterocycles. The van der Waals surface area contributed by atoms with Crippen LogP contribution >= 0.6 is 0 Å². The van der Waals surface area contributed by atoms with E-state index >= 15 is 0 Å². The van der Waals surface area contributed by atoms with Crippen LogP contribution in [-0.4, -0.2) is 18.8 Å². The Bertz CT molecular complexity index is 180. The minimum absolute atomic E-state index is 0.215. The van der Waals surface area contributed by atoms with Crippen LogP contribution in [-0.2, 0) is 0 Å². The van der Waals surface area contributed by atoms with Crippen molar-refractivity contribution >= 4 is 0 Å². The zero-order valence-electron chi connectivity index (χ0n) is 11.8. The molecule has 0 aliphatic carbocycles. The zero-order chi connectivity index (χ0) is 13.9. The number of hydrogen-bond acceptors (Lipinski definition) is 1.